The standard InChI is InChI=1S/C19H16F2N2O2/c1-10-2-3-11(20)8-13(10)17-19(7-6-16(24)23-17)14-5-4-12(21)9-15(14)22-18(19)25/h2-5,8-9,17H,6-7H2,1H3,(H,22,25)(H,23,24). The highest BCUT2D eigenvalue weighted by Gasteiger charge is 2.55. The van der Waals surface area contributed by atoms with Gasteiger partial charge < -0.3 is 10.6 Å². The number of carbonyl (C=O) groups is 2. The topological polar surface area (TPSA) is 58.2 Å². The largest absolute Gasteiger partial charge is 0.348 e. The van der Waals surface area contributed by atoms with E-state index in [0.717, 1.165) is 5.56 Å². The van der Waals surface area contributed by atoms with Crippen molar-refractivity contribution in [3.63, 3.8) is 0 Å². The first kappa shape index (κ1) is 15.7. The molecule has 128 valence electrons. The highest BCUT2D eigenvalue weighted by atomic mass is 19.1. The minimum Gasteiger partial charge on any atom is -0.348 e. The summed E-state index contributed by atoms with van der Waals surface area (Å²) in [5, 5.41) is 5.58. The minimum absolute atomic E-state index is 0.176. The van der Waals surface area contributed by atoms with E-state index in [0.29, 0.717) is 16.8 Å². The summed E-state index contributed by atoms with van der Waals surface area (Å²) in [5.74, 6) is -1.38. The molecule has 4 nitrogen and oxygen atoms in total. The first-order valence-corrected chi connectivity index (χ1v) is 8.09. The summed E-state index contributed by atoms with van der Waals surface area (Å²) >= 11 is 0. The van der Waals surface area contributed by atoms with Crippen LogP contribution in [0.3, 0.4) is 0 Å². The zero-order chi connectivity index (χ0) is 17.8. The molecular weight excluding hydrogens is 326 g/mol. The van der Waals surface area contributed by atoms with E-state index < -0.39 is 23.1 Å². The Balaban J connectivity index is 1.94. The second kappa shape index (κ2) is 5.37. The predicted molar refractivity (Wildman–Crippen MR) is 88.0 cm³/mol. The molecule has 2 atom stereocenters. The predicted octanol–water partition coefficient (Wildman–Crippen LogP) is 3.11. The van der Waals surface area contributed by atoms with Gasteiger partial charge in [0.1, 0.15) is 17.0 Å². The molecule has 25 heavy (non-hydrogen) atoms. The van der Waals surface area contributed by atoms with Crippen molar-refractivity contribution in [3.8, 4) is 0 Å². The lowest BCUT2D eigenvalue weighted by Crippen LogP contribution is -2.52. The van der Waals surface area contributed by atoms with Crippen LogP contribution in [-0.4, -0.2) is 11.8 Å². The Bertz CT molecular complexity index is 912. The fourth-order valence-corrected chi connectivity index (χ4v) is 3.98. The molecule has 0 bridgehead atoms. The van der Waals surface area contributed by atoms with Crippen LogP contribution < -0.4 is 10.6 Å². The third-order valence-corrected chi connectivity index (χ3v) is 5.21. The van der Waals surface area contributed by atoms with Gasteiger partial charge >= 0.3 is 0 Å². The highest BCUT2D eigenvalue weighted by molar-refractivity contribution is 6.08. The monoisotopic (exact) mass is 342 g/mol. The minimum atomic E-state index is -1.07. The number of hydrogen-bond donors (Lipinski definition) is 2. The molecule has 1 fully saturated rings. The third-order valence-electron chi connectivity index (χ3n) is 5.21. The van der Waals surface area contributed by atoms with Gasteiger partial charge in [-0.25, -0.2) is 8.78 Å². The maximum atomic E-state index is 13.9. The van der Waals surface area contributed by atoms with Gasteiger partial charge in [-0.3, -0.25) is 9.59 Å². The van der Waals surface area contributed by atoms with E-state index in [1.807, 2.05) is 6.92 Å². The van der Waals surface area contributed by atoms with Crippen molar-refractivity contribution in [3.05, 3.63) is 64.7 Å². The molecule has 0 aliphatic carbocycles. The number of nitrogens with one attached hydrogen (secondary N) is 2. The van der Waals surface area contributed by atoms with Crippen molar-refractivity contribution >= 4 is 17.5 Å². The molecule has 2 unspecified atom stereocenters. The van der Waals surface area contributed by atoms with Crippen molar-refractivity contribution in [1.29, 1.82) is 0 Å². The fraction of sp³-hybridized carbons (Fsp3) is 0.263. The molecule has 2 aliphatic rings. The van der Waals surface area contributed by atoms with Crippen LogP contribution in [0.1, 0.15) is 35.6 Å². The van der Waals surface area contributed by atoms with Crippen LogP contribution >= 0.6 is 0 Å². The van der Waals surface area contributed by atoms with Gasteiger partial charge in [-0.2, -0.15) is 0 Å². The molecule has 2 aromatic carbocycles. The summed E-state index contributed by atoms with van der Waals surface area (Å²) in [7, 11) is 0. The third kappa shape index (κ3) is 2.24. The molecule has 1 spiro atoms. The number of halogens is 2. The summed E-state index contributed by atoms with van der Waals surface area (Å²) in [5.41, 5.74) is 1.29. The maximum absolute atomic E-state index is 13.9. The van der Waals surface area contributed by atoms with E-state index in [1.165, 1.54) is 24.3 Å². The summed E-state index contributed by atoms with van der Waals surface area (Å²) in [4.78, 5) is 25.0. The number of piperidine rings is 1. The zero-order valence-electron chi connectivity index (χ0n) is 13.5. The van der Waals surface area contributed by atoms with Crippen molar-refractivity contribution in [2.45, 2.75) is 31.2 Å². The number of benzene rings is 2. The van der Waals surface area contributed by atoms with Gasteiger partial charge in [-0.1, -0.05) is 12.1 Å². The lowest BCUT2D eigenvalue weighted by Gasteiger charge is -2.41. The Morgan fingerprint density at radius 2 is 1.80 bits per heavy atom. The van der Waals surface area contributed by atoms with Crippen LogP contribution in [0, 0.1) is 18.6 Å². The van der Waals surface area contributed by atoms with Gasteiger partial charge in [0.2, 0.25) is 11.8 Å². The number of fused-ring (bicyclic) bond motifs is 2. The van der Waals surface area contributed by atoms with E-state index in [-0.39, 0.29) is 24.7 Å². The van der Waals surface area contributed by atoms with E-state index >= 15 is 0 Å². The zero-order valence-corrected chi connectivity index (χ0v) is 13.5. The second-order valence-electron chi connectivity index (χ2n) is 6.62. The molecule has 2 aliphatic heterocycles. The number of aryl methyl sites for hydroxylation is 1. The van der Waals surface area contributed by atoms with Gasteiger partial charge in [-0.05, 0) is 54.3 Å². The molecular formula is C19H16F2N2O2. The number of carbonyl (C=O) groups excluding carboxylic acids is 2. The average molecular weight is 342 g/mol. The quantitative estimate of drug-likeness (QED) is 0.837. The molecule has 2 heterocycles. The molecule has 1 saturated heterocycles. The first-order valence-electron chi connectivity index (χ1n) is 8.09. The summed E-state index contributed by atoms with van der Waals surface area (Å²) in [6.07, 6.45) is 0.457. The Morgan fingerprint density at radius 1 is 1.08 bits per heavy atom. The molecule has 0 saturated carbocycles. The second-order valence-corrected chi connectivity index (χ2v) is 6.62. The average Bonchev–Trinajstić information content (AvgIpc) is 2.84. The van der Waals surface area contributed by atoms with Crippen molar-refractivity contribution in [2.75, 3.05) is 5.32 Å². The smallest absolute Gasteiger partial charge is 0.237 e. The van der Waals surface area contributed by atoms with Crippen LogP contribution in [0.5, 0.6) is 0 Å². The van der Waals surface area contributed by atoms with E-state index in [1.54, 1.807) is 12.1 Å². The number of hydrogen-bond acceptors (Lipinski definition) is 2. The van der Waals surface area contributed by atoms with Gasteiger partial charge in [0.15, 0.2) is 0 Å². The molecule has 2 amide bonds. The summed E-state index contributed by atoms with van der Waals surface area (Å²) in [6.45, 7) is 1.81. The van der Waals surface area contributed by atoms with Gasteiger partial charge in [-0.15, -0.1) is 0 Å². The van der Waals surface area contributed by atoms with Crippen LogP contribution in [0.4, 0.5) is 14.5 Å². The van der Waals surface area contributed by atoms with Gasteiger partial charge in [0, 0.05) is 12.1 Å². The molecule has 0 radical (unpaired) electrons. The van der Waals surface area contributed by atoms with Crippen molar-refractivity contribution < 1.29 is 18.4 Å². The Labute approximate surface area is 143 Å². The van der Waals surface area contributed by atoms with Crippen LogP contribution in [0.2, 0.25) is 0 Å². The molecule has 2 aromatic rings. The van der Waals surface area contributed by atoms with Crippen LogP contribution in [0.25, 0.3) is 0 Å². The molecule has 4 rings (SSSR count). The maximum Gasteiger partial charge on any atom is 0.237 e. The number of amides is 2. The Hall–Kier alpha value is -2.76. The van der Waals surface area contributed by atoms with Gasteiger partial charge in [0.25, 0.3) is 0 Å². The summed E-state index contributed by atoms with van der Waals surface area (Å²) in [6, 6.07) is 7.74. The molecule has 2 N–H and O–H groups in total. The highest BCUT2D eigenvalue weighted by Crippen LogP contribution is 2.51. The van der Waals surface area contributed by atoms with E-state index in [4.69, 9.17) is 0 Å². The van der Waals surface area contributed by atoms with E-state index in [2.05, 4.69) is 10.6 Å². The summed E-state index contributed by atoms with van der Waals surface area (Å²) < 4.78 is 27.4. The Kier molecular flexibility index (Phi) is 3.39. The molecule has 6 heteroatoms. The number of anilines is 1. The number of rotatable bonds is 1. The fourth-order valence-electron chi connectivity index (χ4n) is 3.98. The normalized spacial score (nSPS) is 24.8. The lowest BCUT2D eigenvalue weighted by atomic mass is 9.67. The first-order chi connectivity index (χ1) is 11.9. The van der Waals surface area contributed by atoms with E-state index in [9.17, 15) is 18.4 Å². The van der Waals surface area contributed by atoms with Crippen LogP contribution in [-0.2, 0) is 15.0 Å². The SMILES string of the molecule is Cc1ccc(F)cc1C1NC(=O)CCC12C(=O)Nc1cc(F)ccc12. The van der Waals surface area contributed by atoms with Crippen molar-refractivity contribution in [1.82, 2.24) is 5.32 Å². The molecule has 0 aromatic heterocycles. The lowest BCUT2D eigenvalue weighted by molar-refractivity contribution is -0.130. The van der Waals surface area contributed by atoms with Crippen LogP contribution in [0.15, 0.2) is 36.4 Å². The van der Waals surface area contributed by atoms with Crippen molar-refractivity contribution in [2.24, 2.45) is 0 Å². The Morgan fingerprint density at radius 3 is 2.60 bits per heavy atom. The van der Waals surface area contributed by atoms with Gasteiger partial charge in [0.05, 0.1) is 6.04 Å².